The zero-order valence-corrected chi connectivity index (χ0v) is 18.1. The molecule has 2 N–H and O–H groups in total. The van der Waals surface area contributed by atoms with E-state index >= 15 is 0 Å². The van der Waals surface area contributed by atoms with Crippen LogP contribution in [0.1, 0.15) is 6.42 Å². The van der Waals surface area contributed by atoms with Crippen LogP contribution in [-0.2, 0) is 11.3 Å². The van der Waals surface area contributed by atoms with Crippen LogP contribution in [0.5, 0.6) is 11.5 Å². The van der Waals surface area contributed by atoms with Gasteiger partial charge >= 0.3 is 0 Å². The van der Waals surface area contributed by atoms with Crippen LogP contribution in [0.15, 0.2) is 52.8 Å². The van der Waals surface area contributed by atoms with E-state index in [1.54, 1.807) is 11.3 Å². The van der Waals surface area contributed by atoms with Gasteiger partial charge in [0, 0.05) is 36.3 Å². The van der Waals surface area contributed by atoms with Crippen molar-refractivity contribution in [1.82, 2.24) is 4.57 Å². The van der Waals surface area contributed by atoms with E-state index in [1.165, 1.54) is 5.69 Å². The molecule has 0 spiro atoms. The minimum Gasteiger partial charge on any atom is -0.454 e. The summed E-state index contributed by atoms with van der Waals surface area (Å²) in [4.78, 5) is 8.24. The Hall–Kier alpha value is -2.81. The fraction of sp³-hybridized carbons (Fsp3) is 0.348. The van der Waals surface area contributed by atoms with E-state index in [0.29, 0.717) is 6.54 Å². The average Bonchev–Trinajstić information content (AvgIpc) is 3.45. The molecule has 1 saturated heterocycles. The van der Waals surface area contributed by atoms with Crippen LogP contribution in [-0.4, -0.2) is 44.2 Å². The molecule has 7 nitrogen and oxygen atoms in total. The van der Waals surface area contributed by atoms with Gasteiger partial charge < -0.3 is 29.4 Å². The van der Waals surface area contributed by atoms with Crippen molar-refractivity contribution >= 4 is 22.7 Å². The van der Waals surface area contributed by atoms with Crippen molar-refractivity contribution < 1.29 is 14.2 Å². The number of thiazole rings is 1. The fourth-order valence-electron chi connectivity index (χ4n) is 3.84. The molecule has 0 radical (unpaired) electrons. The second-order valence-corrected chi connectivity index (χ2v) is 8.33. The van der Waals surface area contributed by atoms with E-state index in [1.807, 2.05) is 12.1 Å². The van der Waals surface area contributed by atoms with Crippen LogP contribution in [0, 0.1) is 0 Å². The summed E-state index contributed by atoms with van der Waals surface area (Å²) in [6.45, 7) is 5.15. The van der Waals surface area contributed by atoms with Crippen LogP contribution in [0.3, 0.4) is 0 Å². The Kier molecular flexibility index (Phi) is 5.93. The number of nitrogens with zero attached hydrogens (tertiary/aromatic N) is 3. The number of morpholine rings is 1. The Morgan fingerprint density at radius 1 is 1.00 bits per heavy atom. The highest BCUT2D eigenvalue weighted by Gasteiger charge is 2.16. The van der Waals surface area contributed by atoms with Gasteiger partial charge in [-0.3, -0.25) is 0 Å². The number of anilines is 1. The summed E-state index contributed by atoms with van der Waals surface area (Å²) in [6, 6.07) is 14.5. The van der Waals surface area contributed by atoms with Crippen molar-refractivity contribution in [3.8, 4) is 22.8 Å². The molecule has 3 heterocycles. The van der Waals surface area contributed by atoms with Crippen molar-refractivity contribution in [3.63, 3.8) is 0 Å². The summed E-state index contributed by atoms with van der Waals surface area (Å²) in [5.74, 6) is 1.57. The maximum absolute atomic E-state index is 5.81. The molecule has 2 aromatic carbocycles. The molecule has 0 atom stereocenters. The second kappa shape index (κ2) is 9.13. The van der Waals surface area contributed by atoms with E-state index in [2.05, 4.69) is 45.2 Å². The minimum atomic E-state index is 0.274. The largest absolute Gasteiger partial charge is 0.454 e. The summed E-state index contributed by atoms with van der Waals surface area (Å²) < 4.78 is 18.7. The molecular weight excluding hydrogens is 412 g/mol. The van der Waals surface area contributed by atoms with Crippen LogP contribution in [0.4, 0.5) is 11.4 Å². The predicted octanol–water partition coefficient (Wildman–Crippen LogP) is 3.36. The SMILES string of the molecule is NCCCn1c(-c2ccc3c(c2)OCO3)cs/c1=N\c1ccc(N2CCOCC2)cc1. The standard InChI is InChI=1S/C23H26N4O3S/c24-8-1-9-27-20(17-2-7-21-22(14-17)30-16-29-21)15-31-23(27)25-18-3-5-19(6-4-18)26-10-12-28-13-11-26/h2-7,14-15H,1,8-13,16,24H2/b25-23-. The number of hydrogen-bond donors (Lipinski definition) is 1. The molecule has 1 aromatic heterocycles. The highest BCUT2D eigenvalue weighted by atomic mass is 32.1. The van der Waals surface area contributed by atoms with Gasteiger partial charge in [-0.15, -0.1) is 11.3 Å². The Bertz CT molecular complexity index is 1100. The summed E-state index contributed by atoms with van der Waals surface area (Å²) >= 11 is 1.64. The van der Waals surface area contributed by atoms with Gasteiger partial charge in [-0.2, -0.15) is 0 Å². The topological polar surface area (TPSA) is 74.2 Å². The third kappa shape index (κ3) is 4.32. The van der Waals surface area contributed by atoms with E-state index in [0.717, 1.165) is 72.5 Å². The molecule has 2 aliphatic heterocycles. The van der Waals surface area contributed by atoms with Gasteiger partial charge in [0.2, 0.25) is 6.79 Å². The molecule has 8 heteroatoms. The molecule has 0 amide bonds. The highest BCUT2D eigenvalue weighted by molar-refractivity contribution is 7.07. The van der Waals surface area contributed by atoms with Crippen LogP contribution >= 0.6 is 11.3 Å². The van der Waals surface area contributed by atoms with E-state index in [4.69, 9.17) is 24.9 Å². The third-order valence-electron chi connectivity index (χ3n) is 5.50. The number of hydrogen-bond acceptors (Lipinski definition) is 7. The lowest BCUT2D eigenvalue weighted by molar-refractivity contribution is 0.122. The van der Waals surface area contributed by atoms with Crippen molar-refractivity contribution in [2.24, 2.45) is 10.7 Å². The number of nitrogens with two attached hydrogens (primary N) is 1. The van der Waals surface area contributed by atoms with Crippen LogP contribution in [0.25, 0.3) is 11.3 Å². The third-order valence-corrected chi connectivity index (χ3v) is 6.37. The maximum Gasteiger partial charge on any atom is 0.231 e. The zero-order chi connectivity index (χ0) is 21.0. The number of ether oxygens (including phenoxy) is 3. The molecule has 1 fully saturated rings. The molecule has 0 bridgehead atoms. The molecule has 0 aliphatic carbocycles. The van der Waals surface area contributed by atoms with Crippen molar-refractivity contribution in [3.05, 3.63) is 52.6 Å². The molecule has 2 aliphatic rings. The molecule has 0 saturated carbocycles. The number of fused-ring (bicyclic) bond motifs is 1. The van der Waals surface area contributed by atoms with Gasteiger partial charge in [0.15, 0.2) is 16.3 Å². The Labute approximate surface area is 185 Å². The molecule has 162 valence electrons. The zero-order valence-electron chi connectivity index (χ0n) is 17.3. The molecule has 31 heavy (non-hydrogen) atoms. The lowest BCUT2D eigenvalue weighted by Crippen LogP contribution is -2.36. The van der Waals surface area contributed by atoms with E-state index in [-0.39, 0.29) is 6.79 Å². The first-order valence-electron chi connectivity index (χ1n) is 10.6. The summed E-state index contributed by atoms with van der Waals surface area (Å²) in [5, 5.41) is 2.15. The van der Waals surface area contributed by atoms with Crippen molar-refractivity contribution in [1.29, 1.82) is 0 Å². The normalized spacial score (nSPS) is 16.2. The van der Waals surface area contributed by atoms with Crippen molar-refractivity contribution in [2.75, 3.05) is 44.5 Å². The van der Waals surface area contributed by atoms with Gasteiger partial charge in [0.05, 0.1) is 24.6 Å². The number of benzene rings is 2. The second-order valence-electron chi connectivity index (χ2n) is 7.49. The highest BCUT2D eigenvalue weighted by Crippen LogP contribution is 2.36. The monoisotopic (exact) mass is 438 g/mol. The Balaban J connectivity index is 1.46. The van der Waals surface area contributed by atoms with Crippen molar-refractivity contribution in [2.45, 2.75) is 13.0 Å². The van der Waals surface area contributed by atoms with Crippen LogP contribution < -0.4 is 24.9 Å². The molecule has 3 aromatic rings. The van der Waals surface area contributed by atoms with Gasteiger partial charge in [-0.05, 0) is 55.4 Å². The summed E-state index contributed by atoms with van der Waals surface area (Å²) in [5.41, 5.74) is 10.2. The van der Waals surface area contributed by atoms with Gasteiger partial charge in [0.1, 0.15) is 0 Å². The first kappa shape index (κ1) is 20.1. The Morgan fingerprint density at radius 2 is 1.81 bits per heavy atom. The summed E-state index contributed by atoms with van der Waals surface area (Å²) in [7, 11) is 0. The number of rotatable bonds is 6. The average molecular weight is 439 g/mol. The molecule has 5 rings (SSSR count). The first-order valence-corrected chi connectivity index (χ1v) is 11.5. The van der Waals surface area contributed by atoms with Gasteiger partial charge in [-0.1, -0.05) is 0 Å². The predicted molar refractivity (Wildman–Crippen MR) is 122 cm³/mol. The van der Waals surface area contributed by atoms with Gasteiger partial charge in [-0.25, -0.2) is 4.99 Å². The van der Waals surface area contributed by atoms with Crippen LogP contribution in [0.2, 0.25) is 0 Å². The van der Waals surface area contributed by atoms with Gasteiger partial charge in [0.25, 0.3) is 0 Å². The lowest BCUT2D eigenvalue weighted by atomic mass is 10.1. The van der Waals surface area contributed by atoms with E-state index in [9.17, 15) is 0 Å². The fourth-order valence-corrected chi connectivity index (χ4v) is 4.80. The maximum atomic E-state index is 5.81. The molecular formula is C23H26N4O3S. The quantitative estimate of drug-likeness (QED) is 0.639. The minimum absolute atomic E-state index is 0.274. The first-order chi connectivity index (χ1) is 15.3. The van der Waals surface area contributed by atoms with E-state index < -0.39 is 0 Å². The smallest absolute Gasteiger partial charge is 0.231 e. The summed E-state index contributed by atoms with van der Waals surface area (Å²) in [6.07, 6.45) is 0.886. The molecule has 0 unspecified atom stereocenters. The lowest BCUT2D eigenvalue weighted by Gasteiger charge is -2.28. The number of aromatic nitrogens is 1. The Morgan fingerprint density at radius 3 is 2.61 bits per heavy atom.